The molecule has 0 aliphatic heterocycles. The molecule has 32 heavy (non-hydrogen) atoms. The SMILES string of the molecule is CCn1ccc(S(=O)(=O)N(Cc2ccc(Cl)cc2)c2cccc(C(=O)OC(C)(C)C)c2)n1. The molecule has 0 N–H and O–H groups in total. The fraction of sp³-hybridized carbons (Fsp3) is 0.304. The van der Waals surface area contributed by atoms with Gasteiger partial charge in [-0.25, -0.2) is 4.79 Å². The third-order valence-electron chi connectivity index (χ3n) is 4.50. The zero-order chi connectivity index (χ0) is 23.5. The van der Waals surface area contributed by atoms with Crippen molar-refractivity contribution < 1.29 is 17.9 Å². The van der Waals surface area contributed by atoms with E-state index in [0.717, 1.165) is 5.56 Å². The van der Waals surface area contributed by atoms with Crippen LogP contribution >= 0.6 is 11.6 Å². The van der Waals surface area contributed by atoms with Gasteiger partial charge in [0.05, 0.1) is 17.8 Å². The first-order valence-electron chi connectivity index (χ1n) is 10.1. The number of hydrogen-bond donors (Lipinski definition) is 0. The normalized spacial score (nSPS) is 11.9. The molecule has 2 aromatic carbocycles. The third kappa shape index (κ3) is 5.69. The van der Waals surface area contributed by atoms with Gasteiger partial charge in [-0.3, -0.25) is 8.99 Å². The van der Waals surface area contributed by atoms with Crippen molar-refractivity contribution in [1.82, 2.24) is 9.78 Å². The average Bonchev–Trinajstić information content (AvgIpc) is 3.22. The third-order valence-corrected chi connectivity index (χ3v) is 6.42. The van der Waals surface area contributed by atoms with Gasteiger partial charge in [0.25, 0.3) is 10.0 Å². The summed E-state index contributed by atoms with van der Waals surface area (Å²) in [7, 11) is -4.01. The van der Waals surface area contributed by atoms with E-state index in [1.165, 1.54) is 16.4 Å². The summed E-state index contributed by atoms with van der Waals surface area (Å²) in [6.07, 6.45) is 1.62. The van der Waals surface area contributed by atoms with E-state index in [4.69, 9.17) is 16.3 Å². The monoisotopic (exact) mass is 475 g/mol. The van der Waals surface area contributed by atoms with E-state index < -0.39 is 21.6 Å². The predicted molar refractivity (Wildman–Crippen MR) is 124 cm³/mol. The Kier molecular flexibility index (Phi) is 6.95. The number of anilines is 1. The van der Waals surface area contributed by atoms with E-state index >= 15 is 0 Å². The van der Waals surface area contributed by atoms with E-state index in [1.54, 1.807) is 74.1 Å². The summed E-state index contributed by atoms with van der Waals surface area (Å²) in [5.74, 6) is -0.529. The second kappa shape index (κ2) is 9.34. The summed E-state index contributed by atoms with van der Waals surface area (Å²) in [5.41, 5.74) is 0.646. The van der Waals surface area contributed by atoms with Crippen LogP contribution in [0.15, 0.2) is 65.8 Å². The van der Waals surface area contributed by atoms with Crippen LogP contribution in [-0.2, 0) is 27.8 Å². The second-order valence-electron chi connectivity index (χ2n) is 8.20. The Labute approximate surface area is 193 Å². The molecule has 3 aromatic rings. The van der Waals surface area contributed by atoms with Gasteiger partial charge < -0.3 is 4.74 Å². The lowest BCUT2D eigenvalue weighted by Gasteiger charge is -2.25. The second-order valence-corrected chi connectivity index (χ2v) is 10.4. The molecule has 0 saturated heterocycles. The molecule has 0 unspecified atom stereocenters. The number of aromatic nitrogens is 2. The highest BCUT2D eigenvalue weighted by atomic mass is 35.5. The molecule has 0 aliphatic rings. The van der Waals surface area contributed by atoms with E-state index in [0.29, 0.717) is 17.3 Å². The van der Waals surface area contributed by atoms with Crippen molar-refractivity contribution in [3.8, 4) is 0 Å². The largest absolute Gasteiger partial charge is 0.456 e. The minimum absolute atomic E-state index is 0.0380. The maximum Gasteiger partial charge on any atom is 0.338 e. The summed E-state index contributed by atoms with van der Waals surface area (Å²) >= 11 is 5.98. The minimum atomic E-state index is -4.01. The molecule has 0 amide bonds. The summed E-state index contributed by atoms with van der Waals surface area (Å²) in [6, 6.07) is 14.7. The number of aryl methyl sites for hydroxylation is 1. The van der Waals surface area contributed by atoms with Crippen molar-refractivity contribution in [3.63, 3.8) is 0 Å². The molecule has 1 heterocycles. The van der Waals surface area contributed by atoms with Crippen molar-refractivity contribution >= 4 is 33.3 Å². The first-order valence-corrected chi connectivity index (χ1v) is 12.0. The average molecular weight is 476 g/mol. The van der Waals surface area contributed by atoms with Gasteiger partial charge in [-0.05, 0) is 69.7 Å². The van der Waals surface area contributed by atoms with Crippen molar-refractivity contribution in [2.45, 2.75) is 51.4 Å². The van der Waals surface area contributed by atoms with Gasteiger partial charge in [0.15, 0.2) is 5.03 Å². The maximum absolute atomic E-state index is 13.6. The molecule has 0 radical (unpaired) electrons. The number of sulfonamides is 1. The topological polar surface area (TPSA) is 81.5 Å². The van der Waals surface area contributed by atoms with Crippen LogP contribution in [0.5, 0.6) is 0 Å². The smallest absolute Gasteiger partial charge is 0.338 e. The number of ether oxygens (including phenoxy) is 1. The number of nitrogens with zero attached hydrogens (tertiary/aromatic N) is 3. The molecule has 0 atom stereocenters. The number of rotatable bonds is 7. The first kappa shape index (κ1) is 23.8. The summed E-state index contributed by atoms with van der Waals surface area (Å²) in [6.45, 7) is 7.78. The van der Waals surface area contributed by atoms with E-state index in [1.807, 2.05) is 6.92 Å². The number of esters is 1. The highest BCUT2D eigenvalue weighted by molar-refractivity contribution is 7.92. The molecule has 0 bridgehead atoms. The van der Waals surface area contributed by atoms with Crippen LogP contribution in [0, 0.1) is 0 Å². The molecular weight excluding hydrogens is 450 g/mol. The van der Waals surface area contributed by atoms with Gasteiger partial charge in [-0.15, -0.1) is 0 Å². The van der Waals surface area contributed by atoms with Gasteiger partial charge in [0.2, 0.25) is 0 Å². The highest BCUT2D eigenvalue weighted by Gasteiger charge is 2.29. The lowest BCUT2D eigenvalue weighted by Crippen LogP contribution is -2.31. The zero-order valence-electron chi connectivity index (χ0n) is 18.4. The zero-order valence-corrected chi connectivity index (χ0v) is 20.0. The van der Waals surface area contributed by atoms with Gasteiger partial charge >= 0.3 is 5.97 Å². The number of hydrogen-bond acceptors (Lipinski definition) is 5. The fourth-order valence-electron chi connectivity index (χ4n) is 2.97. The Morgan fingerprint density at radius 1 is 1.12 bits per heavy atom. The predicted octanol–water partition coefficient (Wildman–Crippen LogP) is 4.91. The molecule has 0 saturated carbocycles. The van der Waals surface area contributed by atoms with Crippen LogP contribution in [0.4, 0.5) is 5.69 Å². The van der Waals surface area contributed by atoms with Crippen LogP contribution in [0.1, 0.15) is 43.6 Å². The van der Waals surface area contributed by atoms with Crippen molar-refractivity contribution in [1.29, 1.82) is 0 Å². The number of halogens is 1. The van der Waals surface area contributed by atoms with Crippen LogP contribution in [0.2, 0.25) is 5.02 Å². The van der Waals surface area contributed by atoms with Crippen LogP contribution in [0.3, 0.4) is 0 Å². The highest BCUT2D eigenvalue weighted by Crippen LogP contribution is 2.27. The molecule has 0 spiro atoms. The summed E-state index contributed by atoms with van der Waals surface area (Å²) in [5, 5.41) is 4.66. The van der Waals surface area contributed by atoms with Crippen LogP contribution in [-0.4, -0.2) is 29.8 Å². The van der Waals surface area contributed by atoms with E-state index in [9.17, 15) is 13.2 Å². The Bertz CT molecular complexity index is 1200. The number of carbonyl (C=O) groups is 1. The molecule has 7 nitrogen and oxygen atoms in total. The summed E-state index contributed by atoms with van der Waals surface area (Å²) < 4.78 is 35.3. The lowest BCUT2D eigenvalue weighted by molar-refractivity contribution is 0.00695. The van der Waals surface area contributed by atoms with Crippen molar-refractivity contribution in [3.05, 3.63) is 76.9 Å². The van der Waals surface area contributed by atoms with Gasteiger partial charge in [0.1, 0.15) is 5.60 Å². The molecular formula is C23H26ClN3O4S. The Balaban J connectivity index is 2.05. The van der Waals surface area contributed by atoms with Crippen molar-refractivity contribution in [2.24, 2.45) is 0 Å². The Hall–Kier alpha value is -2.84. The number of carbonyl (C=O) groups excluding carboxylic acids is 1. The van der Waals surface area contributed by atoms with Gasteiger partial charge in [0, 0.05) is 17.8 Å². The first-order chi connectivity index (χ1) is 15.0. The van der Waals surface area contributed by atoms with Gasteiger partial charge in [-0.2, -0.15) is 13.5 Å². The fourth-order valence-corrected chi connectivity index (χ4v) is 4.47. The van der Waals surface area contributed by atoms with Crippen molar-refractivity contribution in [2.75, 3.05) is 4.31 Å². The molecule has 3 rings (SSSR count). The summed E-state index contributed by atoms with van der Waals surface area (Å²) in [4.78, 5) is 12.6. The molecule has 1 aromatic heterocycles. The van der Waals surface area contributed by atoms with Crippen LogP contribution < -0.4 is 4.31 Å². The van der Waals surface area contributed by atoms with E-state index in [2.05, 4.69) is 5.10 Å². The molecule has 9 heteroatoms. The Morgan fingerprint density at radius 2 is 1.81 bits per heavy atom. The molecule has 170 valence electrons. The van der Waals surface area contributed by atoms with Crippen LogP contribution in [0.25, 0.3) is 0 Å². The molecule has 0 aliphatic carbocycles. The number of benzene rings is 2. The maximum atomic E-state index is 13.6. The van der Waals surface area contributed by atoms with Gasteiger partial charge in [-0.1, -0.05) is 29.8 Å². The molecule has 0 fully saturated rings. The quantitative estimate of drug-likeness (QED) is 0.453. The lowest BCUT2D eigenvalue weighted by atomic mass is 10.1. The van der Waals surface area contributed by atoms with E-state index in [-0.39, 0.29) is 17.1 Å². The minimum Gasteiger partial charge on any atom is -0.456 e. The Morgan fingerprint density at radius 3 is 2.41 bits per heavy atom. The standard InChI is InChI=1S/C23H26ClN3O4S/c1-5-26-14-13-21(25-26)32(29,30)27(16-17-9-11-19(24)12-10-17)20-8-6-7-18(15-20)22(28)31-23(2,3)4/h6-15H,5,16H2,1-4H3.